The van der Waals surface area contributed by atoms with Crippen LogP contribution in [0.3, 0.4) is 0 Å². The summed E-state index contributed by atoms with van der Waals surface area (Å²) >= 11 is 0. The number of rotatable bonds is 9. The van der Waals surface area contributed by atoms with Gasteiger partial charge in [-0.15, -0.1) is 5.06 Å². The second kappa shape index (κ2) is 9.46. The van der Waals surface area contributed by atoms with E-state index in [0.717, 1.165) is 0 Å². The molecule has 1 heterocycles. The monoisotopic (exact) mass is 332 g/mol. The standard InChI is InChI=1S/C12H16N2O5S2/c1-2-9(15)13-6-8-21-20-7-5-12(18)19-14-10(16)3-4-11(14)17/h2H,1,3-8H2,(H,13,15). The number of imide groups is 1. The third-order valence-electron chi connectivity index (χ3n) is 2.34. The summed E-state index contributed by atoms with van der Waals surface area (Å²) in [4.78, 5) is 49.5. The van der Waals surface area contributed by atoms with Gasteiger partial charge in [0, 0.05) is 30.9 Å². The van der Waals surface area contributed by atoms with E-state index in [1.807, 2.05) is 0 Å². The van der Waals surface area contributed by atoms with Gasteiger partial charge in [0.1, 0.15) is 0 Å². The van der Waals surface area contributed by atoms with E-state index in [4.69, 9.17) is 4.84 Å². The summed E-state index contributed by atoms with van der Waals surface area (Å²) in [5.41, 5.74) is 0. The van der Waals surface area contributed by atoms with Crippen LogP contribution in [0.5, 0.6) is 0 Å². The van der Waals surface area contributed by atoms with Crippen LogP contribution >= 0.6 is 21.6 Å². The maximum absolute atomic E-state index is 11.4. The summed E-state index contributed by atoms with van der Waals surface area (Å²) in [6, 6.07) is 0. The number of nitrogens with one attached hydrogen (secondary N) is 1. The zero-order valence-corrected chi connectivity index (χ0v) is 13.0. The lowest BCUT2D eigenvalue weighted by Gasteiger charge is -2.12. The Morgan fingerprint density at radius 3 is 2.48 bits per heavy atom. The average molecular weight is 332 g/mol. The van der Waals surface area contributed by atoms with Gasteiger partial charge in [-0.1, -0.05) is 28.2 Å². The summed E-state index contributed by atoms with van der Waals surface area (Å²) in [6.45, 7) is 3.85. The van der Waals surface area contributed by atoms with Crippen LogP contribution in [0.1, 0.15) is 19.3 Å². The molecule has 9 heteroatoms. The van der Waals surface area contributed by atoms with Crippen molar-refractivity contribution in [2.45, 2.75) is 19.3 Å². The van der Waals surface area contributed by atoms with Crippen molar-refractivity contribution in [3.8, 4) is 0 Å². The van der Waals surface area contributed by atoms with Crippen molar-refractivity contribution < 1.29 is 24.0 Å². The van der Waals surface area contributed by atoms with Crippen LogP contribution in [0.4, 0.5) is 0 Å². The molecule has 0 aromatic rings. The van der Waals surface area contributed by atoms with Gasteiger partial charge >= 0.3 is 5.97 Å². The Morgan fingerprint density at radius 1 is 1.24 bits per heavy atom. The van der Waals surface area contributed by atoms with Gasteiger partial charge in [-0.3, -0.25) is 14.4 Å². The van der Waals surface area contributed by atoms with Crippen molar-refractivity contribution in [3.05, 3.63) is 12.7 Å². The molecule has 1 N–H and O–H groups in total. The van der Waals surface area contributed by atoms with Crippen LogP contribution in [0.2, 0.25) is 0 Å². The van der Waals surface area contributed by atoms with Gasteiger partial charge in [0.15, 0.2) is 0 Å². The third-order valence-corrected chi connectivity index (χ3v) is 4.75. The fraction of sp³-hybridized carbons (Fsp3) is 0.500. The topological polar surface area (TPSA) is 92.8 Å². The van der Waals surface area contributed by atoms with Gasteiger partial charge < -0.3 is 10.2 Å². The summed E-state index contributed by atoms with van der Waals surface area (Å²) < 4.78 is 0. The van der Waals surface area contributed by atoms with E-state index in [-0.39, 0.29) is 25.2 Å². The number of amides is 3. The van der Waals surface area contributed by atoms with Gasteiger partial charge in [0.25, 0.3) is 11.8 Å². The number of carbonyl (C=O) groups is 4. The number of carbonyl (C=O) groups excluding carboxylic acids is 4. The fourth-order valence-electron chi connectivity index (χ4n) is 1.34. The zero-order chi connectivity index (χ0) is 15.7. The first-order chi connectivity index (χ1) is 10.0. The molecule has 0 aromatic heterocycles. The number of hydroxylamine groups is 2. The van der Waals surface area contributed by atoms with Crippen LogP contribution in [-0.2, 0) is 24.0 Å². The van der Waals surface area contributed by atoms with Gasteiger partial charge in [0.05, 0.1) is 6.42 Å². The number of hydrogen-bond donors (Lipinski definition) is 1. The predicted molar refractivity (Wildman–Crippen MR) is 79.9 cm³/mol. The molecule has 7 nitrogen and oxygen atoms in total. The normalized spacial score (nSPS) is 14.2. The molecule has 0 saturated carbocycles. The highest BCUT2D eigenvalue weighted by Crippen LogP contribution is 2.21. The Hall–Kier alpha value is -1.48. The Balaban J connectivity index is 2.03. The molecule has 0 atom stereocenters. The van der Waals surface area contributed by atoms with Gasteiger partial charge in [-0.05, 0) is 6.08 Å². The van der Waals surface area contributed by atoms with E-state index in [9.17, 15) is 19.2 Å². The van der Waals surface area contributed by atoms with Crippen molar-refractivity contribution in [1.29, 1.82) is 0 Å². The highest BCUT2D eigenvalue weighted by Gasteiger charge is 2.32. The van der Waals surface area contributed by atoms with Crippen LogP contribution in [0.15, 0.2) is 12.7 Å². The minimum Gasteiger partial charge on any atom is -0.352 e. The molecule has 0 spiro atoms. The molecule has 21 heavy (non-hydrogen) atoms. The molecular weight excluding hydrogens is 316 g/mol. The number of nitrogens with zero attached hydrogens (tertiary/aromatic N) is 1. The molecular formula is C12H16N2O5S2. The lowest BCUT2D eigenvalue weighted by atomic mass is 10.4. The Bertz CT molecular complexity index is 425. The van der Waals surface area contributed by atoms with Crippen molar-refractivity contribution >= 4 is 45.3 Å². The fourth-order valence-corrected chi connectivity index (χ4v) is 3.21. The Kier molecular flexibility index (Phi) is 7.91. The molecule has 0 aliphatic carbocycles. The Labute approximate surface area is 130 Å². The summed E-state index contributed by atoms with van der Waals surface area (Å²) in [6.07, 6.45) is 1.49. The molecule has 1 aliphatic heterocycles. The van der Waals surface area contributed by atoms with Crippen LogP contribution in [0.25, 0.3) is 0 Å². The van der Waals surface area contributed by atoms with E-state index in [0.29, 0.717) is 23.1 Å². The molecule has 1 fully saturated rings. The second-order valence-electron chi connectivity index (χ2n) is 3.93. The van der Waals surface area contributed by atoms with Crippen LogP contribution in [-0.4, -0.2) is 46.8 Å². The SMILES string of the molecule is C=CC(=O)NCCSSCCC(=O)ON1C(=O)CCC1=O. The predicted octanol–water partition coefficient (Wildman–Crippen LogP) is 0.667. The van der Waals surface area contributed by atoms with Crippen molar-refractivity contribution in [2.75, 3.05) is 18.1 Å². The molecule has 0 aromatic carbocycles. The molecule has 0 radical (unpaired) electrons. The molecule has 0 unspecified atom stereocenters. The smallest absolute Gasteiger partial charge is 0.334 e. The lowest BCUT2D eigenvalue weighted by molar-refractivity contribution is -0.197. The van der Waals surface area contributed by atoms with Gasteiger partial charge in [0.2, 0.25) is 5.91 Å². The summed E-state index contributed by atoms with van der Waals surface area (Å²) in [7, 11) is 2.95. The molecule has 0 bridgehead atoms. The number of hydrogen-bond acceptors (Lipinski definition) is 7. The average Bonchev–Trinajstić information content (AvgIpc) is 2.77. The second-order valence-corrected chi connectivity index (χ2v) is 6.64. The quantitative estimate of drug-likeness (QED) is 0.287. The molecule has 3 amide bonds. The van der Waals surface area contributed by atoms with Crippen LogP contribution in [0, 0.1) is 0 Å². The largest absolute Gasteiger partial charge is 0.352 e. The molecule has 1 saturated heterocycles. The summed E-state index contributed by atoms with van der Waals surface area (Å²) in [5, 5.41) is 3.17. The van der Waals surface area contributed by atoms with Crippen molar-refractivity contribution in [2.24, 2.45) is 0 Å². The first-order valence-corrected chi connectivity index (χ1v) is 8.74. The lowest BCUT2D eigenvalue weighted by Crippen LogP contribution is -2.32. The van der Waals surface area contributed by atoms with E-state index >= 15 is 0 Å². The first kappa shape index (κ1) is 17.6. The highest BCUT2D eigenvalue weighted by molar-refractivity contribution is 8.76. The molecule has 116 valence electrons. The highest BCUT2D eigenvalue weighted by atomic mass is 33.1. The first-order valence-electron chi connectivity index (χ1n) is 6.26. The molecule has 1 rings (SSSR count). The minimum absolute atomic E-state index is 0.0904. The molecule has 1 aliphatic rings. The Morgan fingerprint density at radius 2 is 1.86 bits per heavy atom. The third kappa shape index (κ3) is 6.67. The van der Waals surface area contributed by atoms with E-state index in [2.05, 4.69) is 11.9 Å². The maximum Gasteiger partial charge on any atom is 0.334 e. The van der Waals surface area contributed by atoms with E-state index in [1.165, 1.54) is 27.7 Å². The zero-order valence-electron chi connectivity index (χ0n) is 11.3. The maximum atomic E-state index is 11.4. The van der Waals surface area contributed by atoms with Gasteiger partial charge in [-0.2, -0.15) is 0 Å². The van der Waals surface area contributed by atoms with Crippen molar-refractivity contribution in [1.82, 2.24) is 10.4 Å². The van der Waals surface area contributed by atoms with E-state index in [1.54, 1.807) is 0 Å². The summed E-state index contributed by atoms with van der Waals surface area (Å²) in [5.74, 6) is -0.588. The van der Waals surface area contributed by atoms with Crippen LogP contribution < -0.4 is 5.32 Å². The van der Waals surface area contributed by atoms with E-state index < -0.39 is 17.8 Å². The van der Waals surface area contributed by atoms with Gasteiger partial charge in [-0.25, -0.2) is 4.79 Å². The van der Waals surface area contributed by atoms with Crippen molar-refractivity contribution in [3.63, 3.8) is 0 Å². The minimum atomic E-state index is -0.605.